The molecule has 0 aliphatic carbocycles. The van der Waals surface area contributed by atoms with Crippen LogP contribution in [0, 0.1) is 0 Å². The zero-order chi connectivity index (χ0) is 13.9. The van der Waals surface area contributed by atoms with E-state index < -0.39 is 0 Å². The Morgan fingerprint density at radius 1 is 1.20 bits per heavy atom. The molecule has 0 fully saturated rings. The van der Waals surface area contributed by atoms with Crippen molar-refractivity contribution >= 4 is 11.6 Å². The first-order chi connectivity index (χ1) is 9.74. The maximum absolute atomic E-state index is 6.45. The van der Waals surface area contributed by atoms with Crippen LogP contribution in [0.2, 0.25) is 5.02 Å². The van der Waals surface area contributed by atoms with E-state index in [-0.39, 0.29) is 6.04 Å². The quantitative estimate of drug-likeness (QED) is 0.932. The zero-order valence-corrected chi connectivity index (χ0v) is 12.0. The van der Waals surface area contributed by atoms with E-state index in [1.807, 2.05) is 36.4 Å². The third-order valence-corrected chi connectivity index (χ3v) is 4.12. The Bertz CT molecular complexity index is 599. The van der Waals surface area contributed by atoms with Crippen LogP contribution in [0.25, 0.3) is 0 Å². The molecule has 2 aromatic rings. The molecule has 3 heteroatoms. The predicted molar refractivity (Wildman–Crippen MR) is 82.4 cm³/mol. The highest BCUT2D eigenvalue weighted by Crippen LogP contribution is 2.35. The summed E-state index contributed by atoms with van der Waals surface area (Å²) in [6, 6.07) is 16.2. The number of nitrogens with two attached hydrogens (primary N) is 1. The highest BCUT2D eigenvalue weighted by Gasteiger charge is 2.26. The van der Waals surface area contributed by atoms with E-state index in [2.05, 4.69) is 12.1 Å². The van der Waals surface area contributed by atoms with Gasteiger partial charge in [-0.25, -0.2) is 0 Å². The molecule has 20 heavy (non-hydrogen) atoms. The maximum Gasteiger partial charge on any atom is 0.122 e. The van der Waals surface area contributed by atoms with E-state index in [4.69, 9.17) is 22.1 Å². The lowest BCUT2D eigenvalue weighted by Gasteiger charge is -2.30. The smallest absolute Gasteiger partial charge is 0.122 e. The first-order valence-corrected chi connectivity index (χ1v) is 7.33. The van der Waals surface area contributed by atoms with E-state index in [1.54, 1.807) is 0 Å². The number of hydrogen-bond acceptors (Lipinski definition) is 2. The minimum Gasteiger partial charge on any atom is -0.493 e. The fraction of sp³-hybridized carbons (Fsp3) is 0.294. The van der Waals surface area contributed by atoms with Crippen molar-refractivity contribution in [1.29, 1.82) is 0 Å². The van der Waals surface area contributed by atoms with Crippen molar-refractivity contribution in [3.63, 3.8) is 0 Å². The Morgan fingerprint density at radius 3 is 2.90 bits per heavy atom. The summed E-state index contributed by atoms with van der Waals surface area (Å²) < 4.78 is 5.70. The molecule has 0 spiro atoms. The molecular formula is C17H18ClNO. The van der Waals surface area contributed by atoms with Gasteiger partial charge in [0.05, 0.1) is 6.61 Å². The monoisotopic (exact) mass is 287 g/mol. The molecule has 2 unspecified atom stereocenters. The summed E-state index contributed by atoms with van der Waals surface area (Å²) in [7, 11) is 0. The molecule has 0 saturated heterocycles. The second-order valence-corrected chi connectivity index (χ2v) is 5.72. The standard InChI is InChI=1S/C17H18ClNO/c18-13-5-3-4-12(10-13)11-16(19)14-8-9-20-17-7-2-1-6-15(14)17/h1-7,10,14,16H,8-9,11,19H2. The first kappa shape index (κ1) is 13.5. The molecule has 2 atom stereocenters. The van der Waals surface area contributed by atoms with Crippen molar-refractivity contribution in [1.82, 2.24) is 0 Å². The van der Waals surface area contributed by atoms with Gasteiger partial charge in [0.1, 0.15) is 5.75 Å². The number of benzene rings is 2. The van der Waals surface area contributed by atoms with Gasteiger partial charge in [-0.15, -0.1) is 0 Å². The van der Waals surface area contributed by atoms with Crippen LogP contribution >= 0.6 is 11.6 Å². The van der Waals surface area contributed by atoms with Gasteiger partial charge in [0.25, 0.3) is 0 Å². The summed E-state index contributed by atoms with van der Waals surface area (Å²) in [5.41, 5.74) is 8.87. The van der Waals surface area contributed by atoms with Gasteiger partial charge in [0.15, 0.2) is 0 Å². The zero-order valence-electron chi connectivity index (χ0n) is 11.3. The fourth-order valence-electron chi connectivity index (χ4n) is 2.89. The van der Waals surface area contributed by atoms with Crippen molar-refractivity contribution in [2.45, 2.75) is 24.8 Å². The molecule has 104 valence electrons. The summed E-state index contributed by atoms with van der Waals surface area (Å²) in [5, 5.41) is 0.766. The number of rotatable bonds is 3. The summed E-state index contributed by atoms with van der Waals surface area (Å²) in [6.45, 7) is 0.741. The van der Waals surface area contributed by atoms with E-state index in [1.165, 1.54) is 11.1 Å². The largest absolute Gasteiger partial charge is 0.493 e. The Balaban J connectivity index is 1.80. The molecule has 2 N–H and O–H groups in total. The molecule has 2 nitrogen and oxygen atoms in total. The average molecular weight is 288 g/mol. The van der Waals surface area contributed by atoms with Crippen molar-refractivity contribution in [3.8, 4) is 5.75 Å². The SMILES string of the molecule is NC(Cc1cccc(Cl)c1)C1CCOc2ccccc21. The van der Waals surface area contributed by atoms with E-state index >= 15 is 0 Å². The topological polar surface area (TPSA) is 35.2 Å². The number of halogens is 1. The highest BCUT2D eigenvalue weighted by atomic mass is 35.5. The molecular weight excluding hydrogens is 270 g/mol. The van der Waals surface area contributed by atoms with Gasteiger partial charge < -0.3 is 10.5 Å². The van der Waals surface area contributed by atoms with Crippen LogP contribution < -0.4 is 10.5 Å². The molecule has 1 heterocycles. The van der Waals surface area contributed by atoms with Gasteiger partial charge in [-0.2, -0.15) is 0 Å². The van der Waals surface area contributed by atoms with E-state index in [0.29, 0.717) is 5.92 Å². The second kappa shape index (κ2) is 5.86. The van der Waals surface area contributed by atoms with Gasteiger partial charge in [0, 0.05) is 17.0 Å². The van der Waals surface area contributed by atoms with Crippen LogP contribution in [0.3, 0.4) is 0 Å². The van der Waals surface area contributed by atoms with Crippen molar-refractivity contribution < 1.29 is 4.74 Å². The minimum atomic E-state index is 0.0820. The van der Waals surface area contributed by atoms with E-state index in [0.717, 1.165) is 30.2 Å². The Hall–Kier alpha value is -1.51. The van der Waals surface area contributed by atoms with Gasteiger partial charge in [-0.1, -0.05) is 41.9 Å². The van der Waals surface area contributed by atoms with Gasteiger partial charge in [0.2, 0.25) is 0 Å². The summed E-state index contributed by atoms with van der Waals surface area (Å²) in [4.78, 5) is 0. The molecule has 1 aliphatic rings. The van der Waals surface area contributed by atoms with Crippen LogP contribution in [0.15, 0.2) is 48.5 Å². The third-order valence-electron chi connectivity index (χ3n) is 3.88. The van der Waals surface area contributed by atoms with Crippen molar-refractivity contribution in [3.05, 3.63) is 64.7 Å². The maximum atomic E-state index is 6.45. The lowest BCUT2D eigenvalue weighted by molar-refractivity contribution is 0.254. The number of para-hydroxylation sites is 1. The Labute approximate surface area is 124 Å². The molecule has 3 rings (SSSR count). The van der Waals surface area contributed by atoms with Gasteiger partial charge >= 0.3 is 0 Å². The fourth-order valence-corrected chi connectivity index (χ4v) is 3.11. The Morgan fingerprint density at radius 2 is 2.05 bits per heavy atom. The predicted octanol–water partition coefficient (Wildman–Crippen LogP) is 3.78. The highest BCUT2D eigenvalue weighted by molar-refractivity contribution is 6.30. The van der Waals surface area contributed by atoms with Gasteiger partial charge in [-0.05, 0) is 42.2 Å². The van der Waals surface area contributed by atoms with Crippen molar-refractivity contribution in [2.24, 2.45) is 5.73 Å². The molecule has 0 bridgehead atoms. The lowest BCUT2D eigenvalue weighted by Crippen LogP contribution is -2.34. The van der Waals surface area contributed by atoms with Crippen LogP contribution in [0.4, 0.5) is 0 Å². The summed E-state index contributed by atoms with van der Waals surface area (Å²) >= 11 is 6.03. The van der Waals surface area contributed by atoms with Crippen LogP contribution in [0.1, 0.15) is 23.5 Å². The van der Waals surface area contributed by atoms with Crippen molar-refractivity contribution in [2.75, 3.05) is 6.61 Å². The number of hydrogen-bond donors (Lipinski definition) is 1. The normalized spacial score (nSPS) is 19.0. The summed E-state index contributed by atoms with van der Waals surface area (Å²) in [5.74, 6) is 1.32. The molecule has 0 aromatic heterocycles. The first-order valence-electron chi connectivity index (χ1n) is 6.96. The number of ether oxygens (including phenoxy) is 1. The molecule has 2 aromatic carbocycles. The van der Waals surface area contributed by atoms with Crippen LogP contribution in [-0.4, -0.2) is 12.6 Å². The molecule has 0 amide bonds. The summed E-state index contributed by atoms with van der Waals surface area (Å²) in [6.07, 6.45) is 1.80. The average Bonchev–Trinajstić information content (AvgIpc) is 2.46. The lowest BCUT2D eigenvalue weighted by atomic mass is 9.84. The minimum absolute atomic E-state index is 0.0820. The molecule has 1 aliphatic heterocycles. The second-order valence-electron chi connectivity index (χ2n) is 5.28. The van der Waals surface area contributed by atoms with Crippen LogP contribution in [-0.2, 0) is 6.42 Å². The van der Waals surface area contributed by atoms with E-state index in [9.17, 15) is 0 Å². The van der Waals surface area contributed by atoms with Gasteiger partial charge in [-0.3, -0.25) is 0 Å². The third kappa shape index (κ3) is 2.82. The van der Waals surface area contributed by atoms with Crippen LogP contribution in [0.5, 0.6) is 5.75 Å². The Kier molecular flexibility index (Phi) is 3.95. The molecule has 0 saturated carbocycles. The molecule has 0 radical (unpaired) electrons. The number of fused-ring (bicyclic) bond motifs is 1.